The van der Waals surface area contributed by atoms with Crippen molar-refractivity contribution in [2.45, 2.75) is 26.7 Å². The first-order valence-electron chi connectivity index (χ1n) is 6.47. The van der Waals surface area contributed by atoms with Crippen LogP contribution < -0.4 is 5.32 Å². The van der Waals surface area contributed by atoms with Crippen LogP contribution in [0, 0.1) is 11.8 Å². The molecule has 0 spiro atoms. The lowest BCUT2D eigenvalue weighted by Crippen LogP contribution is -2.30. The predicted octanol–water partition coefficient (Wildman–Crippen LogP) is 1.87. The molecule has 17 heavy (non-hydrogen) atoms. The van der Waals surface area contributed by atoms with E-state index in [-0.39, 0.29) is 12.5 Å². The average Bonchev–Trinajstić information content (AvgIpc) is 2.38. The average molecular weight is 236 g/mol. The van der Waals surface area contributed by atoms with Gasteiger partial charge in [0.15, 0.2) is 0 Å². The van der Waals surface area contributed by atoms with Gasteiger partial charge in [-0.2, -0.15) is 0 Å². The summed E-state index contributed by atoms with van der Waals surface area (Å²) in [7, 11) is 0. The Hall–Kier alpha value is -0.930. The molecule has 0 aliphatic heterocycles. The molecule has 2 atom stereocenters. The number of nitrogens with zero attached hydrogens (tertiary/aromatic N) is 1. The van der Waals surface area contributed by atoms with Crippen molar-refractivity contribution in [3.05, 3.63) is 30.1 Å². The van der Waals surface area contributed by atoms with Gasteiger partial charge in [-0.15, -0.1) is 0 Å². The van der Waals surface area contributed by atoms with Gasteiger partial charge in [0.1, 0.15) is 0 Å². The van der Waals surface area contributed by atoms with E-state index >= 15 is 0 Å². The summed E-state index contributed by atoms with van der Waals surface area (Å²) >= 11 is 0. The van der Waals surface area contributed by atoms with Crippen LogP contribution in [0.5, 0.6) is 0 Å². The van der Waals surface area contributed by atoms with E-state index in [0.717, 1.165) is 25.2 Å². The topological polar surface area (TPSA) is 45.1 Å². The lowest BCUT2D eigenvalue weighted by Gasteiger charge is -2.16. The molecule has 0 amide bonds. The number of pyridine rings is 1. The van der Waals surface area contributed by atoms with Crippen LogP contribution in [0.2, 0.25) is 0 Å². The standard InChI is InChI=1S/C14H24N2O/c1-3-12(2)9-15-10-13(11-17)8-14-6-4-5-7-16-14/h4-7,12-13,15,17H,3,8-11H2,1-2H3. The fraction of sp³-hybridized carbons (Fsp3) is 0.643. The van der Waals surface area contributed by atoms with Crippen LogP contribution in [-0.2, 0) is 6.42 Å². The van der Waals surface area contributed by atoms with Crippen molar-refractivity contribution in [1.82, 2.24) is 10.3 Å². The van der Waals surface area contributed by atoms with Gasteiger partial charge in [-0.1, -0.05) is 26.3 Å². The van der Waals surface area contributed by atoms with Gasteiger partial charge in [-0.05, 0) is 36.9 Å². The van der Waals surface area contributed by atoms with Crippen molar-refractivity contribution in [3.8, 4) is 0 Å². The van der Waals surface area contributed by atoms with Crippen molar-refractivity contribution in [3.63, 3.8) is 0 Å². The minimum absolute atomic E-state index is 0.212. The molecule has 0 saturated heterocycles. The Morgan fingerprint density at radius 2 is 2.18 bits per heavy atom. The van der Waals surface area contributed by atoms with Crippen LogP contribution in [0.25, 0.3) is 0 Å². The summed E-state index contributed by atoms with van der Waals surface area (Å²) in [6, 6.07) is 5.92. The number of aliphatic hydroxyl groups is 1. The van der Waals surface area contributed by atoms with Gasteiger partial charge in [0.05, 0.1) is 0 Å². The summed E-state index contributed by atoms with van der Waals surface area (Å²) in [5, 5.41) is 12.8. The number of aromatic nitrogens is 1. The second kappa shape index (κ2) is 8.20. The molecule has 0 radical (unpaired) electrons. The molecule has 3 heteroatoms. The molecule has 1 heterocycles. The maximum absolute atomic E-state index is 9.34. The Morgan fingerprint density at radius 3 is 2.76 bits per heavy atom. The fourth-order valence-corrected chi connectivity index (χ4v) is 1.69. The quantitative estimate of drug-likeness (QED) is 0.724. The highest BCUT2D eigenvalue weighted by molar-refractivity contribution is 5.04. The summed E-state index contributed by atoms with van der Waals surface area (Å²) in [5.41, 5.74) is 1.05. The van der Waals surface area contributed by atoms with Crippen molar-refractivity contribution in [2.75, 3.05) is 19.7 Å². The first-order chi connectivity index (χ1) is 8.26. The van der Waals surface area contributed by atoms with E-state index in [1.54, 1.807) is 6.20 Å². The van der Waals surface area contributed by atoms with Crippen LogP contribution in [0.4, 0.5) is 0 Å². The Bertz CT molecular complexity index is 290. The molecular weight excluding hydrogens is 212 g/mol. The van der Waals surface area contributed by atoms with Crippen LogP contribution >= 0.6 is 0 Å². The minimum Gasteiger partial charge on any atom is -0.396 e. The van der Waals surface area contributed by atoms with Gasteiger partial charge in [0, 0.05) is 25.0 Å². The molecule has 0 bridgehead atoms. The van der Waals surface area contributed by atoms with Crippen molar-refractivity contribution in [2.24, 2.45) is 11.8 Å². The molecule has 0 aliphatic rings. The van der Waals surface area contributed by atoms with E-state index in [4.69, 9.17) is 0 Å². The summed E-state index contributed by atoms with van der Waals surface area (Å²) in [4.78, 5) is 4.29. The molecule has 2 N–H and O–H groups in total. The molecule has 2 unspecified atom stereocenters. The molecule has 1 aromatic heterocycles. The highest BCUT2D eigenvalue weighted by Gasteiger charge is 2.09. The van der Waals surface area contributed by atoms with Crippen LogP contribution in [0.1, 0.15) is 26.0 Å². The van der Waals surface area contributed by atoms with Gasteiger partial charge < -0.3 is 10.4 Å². The SMILES string of the molecule is CCC(C)CNCC(CO)Cc1ccccn1. The Labute approximate surface area is 104 Å². The molecule has 0 aliphatic carbocycles. The van der Waals surface area contributed by atoms with Crippen molar-refractivity contribution < 1.29 is 5.11 Å². The Kier molecular flexibility index (Phi) is 6.82. The highest BCUT2D eigenvalue weighted by Crippen LogP contribution is 2.05. The van der Waals surface area contributed by atoms with Crippen molar-refractivity contribution in [1.29, 1.82) is 0 Å². The fourth-order valence-electron chi connectivity index (χ4n) is 1.69. The summed E-state index contributed by atoms with van der Waals surface area (Å²) in [6.07, 6.45) is 3.83. The van der Waals surface area contributed by atoms with E-state index in [1.807, 2.05) is 18.2 Å². The number of hydrogen-bond donors (Lipinski definition) is 2. The minimum atomic E-state index is 0.212. The normalized spacial score (nSPS) is 14.5. The summed E-state index contributed by atoms with van der Waals surface area (Å²) in [6.45, 7) is 6.53. The van der Waals surface area contributed by atoms with Crippen LogP contribution in [-0.4, -0.2) is 29.8 Å². The van der Waals surface area contributed by atoms with Crippen molar-refractivity contribution >= 4 is 0 Å². The second-order valence-electron chi connectivity index (χ2n) is 4.75. The van der Waals surface area contributed by atoms with Gasteiger partial charge in [-0.25, -0.2) is 0 Å². The van der Waals surface area contributed by atoms with Gasteiger partial charge in [0.25, 0.3) is 0 Å². The number of hydrogen-bond acceptors (Lipinski definition) is 3. The number of aliphatic hydroxyl groups excluding tert-OH is 1. The third-order valence-electron chi connectivity index (χ3n) is 3.10. The molecule has 1 aromatic rings. The maximum Gasteiger partial charge on any atom is 0.0475 e. The van der Waals surface area contributed by atoms with Gasteiger partial charge >= 0.3 is 0 Å². The van der Waals surface area contributed by atoms with Gasteiger partial charge in [-0.3, -0.25) is 4.98 Å². The van der Waals surface area contributed by atoms with E-state index < -0.39 is 0 Å². The molecule has 0 fully saturated rings. The zero-order chi connectivity index (χ0) is 12.5. The molecule has 0 aromatic carbocycles. The van der Waals surface area contributed by atoms with E-state index in [2.05, 4.69) is 24.1 Å². The number of rotatable bonds is 8. The molecule has 96 valence electrons. The third kappa shape index (κ3) is 5.80. The lowest BCUT2D eigenvalue weighted by atomic mass is 10.0. The molecule has 0 saturated carbocycles. The Balaban J connectivity index is 2.29. The zero-order valence-electron chi connectivity index (χ0n) is 10.9. The lowest BCUT2D eigenvalue weighted by molar-refractivity contribution is 0.219. The largest absolute Gasteiger partial charge is 0.396 e. The van der Waals surface area contributed by atoms with E-state index in [9.17, 15) is 5.11 Å². The molecular formula is C14H24N2O. The van der Waals surface area contributed by atoms with E-state index in [1.165, 1.54) is 6.42 Å². The summed E-state index contributed by atoms with van der Waals surface area (Å²) in [5.74, 6) is 0.957. The van der Waals surface area contributed by atoms with Gasteiger partial charge in [0.2, 0.25) is 0 Å². The third-order valence-corrected chi connectivity index (χ3v) is 3.10. The molecule has 1 rings (SSSR count). The monoisotopic (exact) mass is 236 g/mol. The van der Waals surface area contributed by atoms with E-state index in [0.29, 0.717) is 5.92 Å². The predicted molar refractivity (Wildman–Crippen MR) is 70.8 cm³/mol. The Morgan fingerprint density at radius 1 is 1.35 bits per heavy atom. The smallest absolute Gasteiger partial charge is 0.0475 e. The second-order valence-corrected chi connectivity index (χ2v) is 4.75. The first-order valence-corrected chi connectivity index (χ1v) is 6.47. The van der Waals surface area contributed by atoms with Crippen LogP contribution in [0.15, 0.2) is 24.4 Å². The molecule has 3 nitrogen and oxygen atoms in total. The summed E-state index contributed by atoms with van der Waals surface area (Å²) < 4.78 is 0. The zero-order valence-corrected chi connectivity index (χ0v) is 10.9. The maximum atomic E-state index is 9.34. The number of nitrogens with one attached hydrogen (secondary N) is 1. The first kappa shape index (κ1) is 14.1. The van der Waals surface area contributed by atoms with Crippen LogP contribution in [0.3, 0.4) is 0 Å². The highest BCUT2D eigenvalue weighted by atomic mass is 16.3.